The topological polar surface area (TPSA) is 59.0 Å². The lowest BCUT2D eigenvalue weighted by molar-refractivity contribution is 0.174. The molecular weight excluding hydrogens is 418 g/mol. The van der Waals surface area contributed by atoms with Gasteiger partial charge in [0, 0.05) is 11.1 Å². The Bertz CT molecular complexity index is 1280. The van der Waals surface area contributed by atoms with Crippen molar-refractivity contribution in [3.8, 4) is 62.4 Å². The molecule has 1 aliphatic rings. The summed E-state index contributed by atoms with van der Waals surface area (Å²) in [4.78, 5) is 4.96. The van der Waals surface area contributed by atoms with Crippen LogP contribution in [0.5, 0.6) is 28.7 Å². The Morgan fingerprint density at radius 1 is 0.606 bits per heavy atom. The zero-order valence-electron chi connectivity index (χ0n) is 18.6. The van der Waals surface area contributed by atoms with Gasteiger partial charge in [0.1, 0.15) is 0 Å². The Hall–Kier alpha value is -4.19. The second kappa shape index (κ2) is 8.74. The van der Waals surface area contributed by atoms with Gasteiger partial charge in [-0.25, -0.2) is 4.98 Å². The second-order valence-corrected chi connectivity index (χ2v) is 7.47. The number of ether oxygens (including phenoxy) is 5. The lowest BCUT2D eigenvalue weighted by atomic mass is 9.99. The summed E-state index contributed by atoms with van der Waals surface area (Å²) in [5, 5.41) is 0. The number of hydrogen-bond donors (Lipinski definition) is 0. The minimum atomic E-state index is 0.229. The fourth-order valence-corrected chi connectivity index (χ4v) is 3.91. The molecule has 0 N–H and O–H groups in total. The summed E-state index contributed by atoms with van der Waals surface area (Å²) in [6.45, 7) is 0.229. The maximum Gasteiger partial charge on any atom is 0.231 e. The number of methoxy groups -OCH3 is 3. The first-order valence-corrected chi connectivity index (χ1v) is 10.5. The van der Waals surface area contributed by atoms with Crippen LogP contribution in [0.15, 0.2) is 72.8 Å². The average molecular weight is 441 g/mol. The summed E-state index contributed by atoms with van der Waals surface area (Å²) in [6.07, 6.45) is 0. The van der Waals surface area contributed by atoms with E-state index in [9.17, 15) is 0 Å². The smallest absolute Gasteiger partial charge is 0.231 e. The molecule has 0 aliphatic carbocycles. The van der Waals surface area contributed by atoms with Crippen molar-refractivity contribution < 1.29 is 23.7 Å². The highest BCUT2D eigenvalue weighted by atomic mass is 16.7. The Balaban J connectivity index is 1.70. The van der Waals surface area contributed by atoms with Crippen molar-refractivity contribution in [2.24, 2.45) is 0 Å². The number of pyridine rings is 1. The summed E-state index contributed by atoms with van der Waals surface area (Å²) in [7, 11) is 4.82. The molecule has 0 unspecified atom stereocenters. The number of benzene rings is 3. The number of nitrogens with zero attached hydrogens (tertiary/aromatic N) is 1. The van der Waals surface area contributed by atoms with Crippen molar-refractivity contribution in [3.05, 3.63) is 72.8 Å². The van der Waals surface area contributed by atoms with Crippen molar-refractivity contribution in [2.45, 2.75) is 0 Å². The molecule has 2 heterocycles. The van der Waals surface area contributed by atoms with Crippen LogP contribution < -0.4 is 23.7 Å². The Labute approximate surface area is 192 Å². The maximum absolute atomic E-state index is 5.58. The normalized spacial score (nSPS) is 11.8. The van der Waals surface area contributed by atoms with E-state index in [0.717, 1.165) is 39.4 Å². The molecule has 1 aromatic heterocycles. The molecule has 166 valence electrons. The van der Waals surface area contributed by atoms with Crippen LogP contribution >= 0.6 is 0 Å². The summed E-state index contributed by atoms with van der Waals surface area (Å²) in [5.74, 6) is 3.19. The molecule has 0 atom stereocenters. The van der Waals surface area contributed by atoms with Gasteiger partial charge in [-0.15, -0.1) is 0 Å². The van der Waals surface area contributed by atoms with Crippen molar-refractivity contribution in [1.82, 2.24) is 4.98 Å². The van der Waals surface area contributed by atoms with Gasteiger partial charge in [0.25, 0.3) is 0 Å². The van der Waals surface area contributed by atoms with Crippen LogP contribution in [-0.2, 0) is 0 Å². The first kappa shape index (κ1) is 20.7. The fraction of sp³-hybridized carbons (Fsp3) is 0.148. The quantitative estimate of drug-likeness (QED) is 0.375. The molecular formula is C27H23NO5. The number of rotatable bonds is 6. The van der Waals surface area contributed by atoms with Crippen LogP contribution in [0.2, 0.25) is 0 Å². The van der Waals surface area contributed by atoms with Gasteiger partial charge in [0.05, 0.1) is 32.7 Å². The largest absolute Gasteiger partial charge is 0.493 e. The first-order chi connectivity index (χ1) is 16.2. The molecule has 0 fully saturated rings. The monoisotopic (exact) mass is 441 g/mol. The van der Waals surface area contributed by atoms with Gasteiger partial charge in [-0.05, 0) is 53.6 Å². The average Bonchev–Trinajstić information content (AvgIpc) is 3.36. The fourth-order valence-electron chi connectivity index (χ4n) is 3.91. The third-order valence-electron chi connectivity index (χ3n) is 5.56. The maximum atomic E-state index is 5.58. The third kappa shape index (κ3) is 3.91. The highest BCUT2D eigenvalue weighted by Gasteiger charge is 2.18. The molecule has 4 aromatic rings. The van der Waals surface area contributed by atoms with E-state index in [4.69, 9.17) is 28.7 Å². The lowest BCUT2D eigenvalue weighted by Crippen LogP contribution is -1.96. The van der Waals surface area contributed by atoms with E-state index in [2.05, 4.69) is 6.07 Å². The van der Waals surface area contributed by atoms with Gasteiger partial charge < -0.3 is 23.7 Å². The van der Waals surface area contributed by atoms with Crippen molar-refractivity contribution in [2.75, 3.05) is 28.1 Å². The third-order valence-corrected chi connectivity index (χ3v) is 5.56. The molecule has 0 radical (unpaired) electrons. The highest BCUT2D eigenvalue weighted by molar-refractivity contribution is 5.79. The van der Waals surface area contributed by atoms with E-state index in [1.807, 2.05) is 66.7 Å². The summed E-state index contributed by atoms with van der Waals surface area (Å²) >= 11 is 0. The first-order valence-electron chi connectivity index (χ1n) is 10.5. The van der Waals surface area contributed by atoms with Crippen LogP contribution in [-0.4, -0.2) is 33.1 Å². The molecule has 0 bridgehead atoms. The highest BCUT2D eigenvalue weighted by Crippen LogP contribution is 2.43. The predicted molar refractivity (Wildman–Crippen MR) is 126 cm³/mol. The lowest BCUT2D eigenvalue weighted by Gasteiger charge is -2.15. The van der Waals surface area contributed by atoms with Crippen LogP contribution in [0.4, 0.5) is 0 Å². The Kier molecular flexibility index (Phi) is 5.48. The van der Waals surface area contributed by atoms with Crippen LogP contribution in [0.1, 0.15) is 0 Å². The molecule has 3 aromatic carbocycles. The minimum Gasteiger partial charge on any atom is -0.493 e. The van der Waals surface area contributed by atoms with Gasteiger partial charge >= 0.3 is 0 Å². The van der Waals surface area contributed by atoms with Gasteiger partial charge in [-0.3, -0.25) is 0 Å². The number of hydrogen-bond acceptors (Lipinski definition) is 6. The van der Waals surface area contributed by atoms with Crippen molar-refractivity contribution in [1.29, 1.82) is 0 Å². The molecule has 6 heteroatoms. The molecule has 0 amide bonds. The van der Waals surface area contributed by atoms with Crippen molar-refractivity contribution >= 4 is 0 Å². The molecule has 0 spiro atoms. The molecule has 0 saturated carbocycles. The van der Waals surface area contributed by atoms with E-state index < -0.39 is 0 Å². The zero-order chi connectivity index (χ0) is 22.8. The number of aromatic nitrogens is 1. The Morgan fingerprint density at radius 3 is 1.91 bits per heavy atom. The van der Waals surface area contributed by atoms with Gasteiger partial charge in [0.2, 0.25) is 12.5 Å². The standard InChI is InChI=1S/C27H23NO5/c1-29-25-14-20(15-26(30-2)27(25)31-3)19-11-21(17-7-5-4-6-8-17)28-22(12-19)18-9-10-23-24(13-18)33-16-32-23/h4-15H,16H2,1-3H3. The molecule has 6 nitrogen and oxygen atoms in total. The summed E-state index contributed by atoms with van der Waals surface area (Å²) < 4.78 is 27.7. The molecule has 1 aliphatic heterocycles. The predicted octanol–water partition coefficient (Wildman–Crippen LogP) is 5.84. The minimum absolute atomic E-state index is 0.229. The van der Waals surface area contributed by atoms with E-state index in [0.29, 0.717) is 23.0 Å². The molecule has 0 saturated heterocycles. The van der Waals surface area contributed by atoms with Gasteiger partial charge in [0.15, 0.2) is 23.0 Å². The summed E-state index contributed by atoms with van der Waals surface area (Å²) in [5.41, 5.74) is 5.52. The van der Waals surface area contributed by atoms with Crippen molar-refractivity contribution in [3.63, 3.8) is 0 Å². The molecule has 33 heavy (non-hydrogen) atoms. The Morgan fingerprint density at radius 2 is 1.24 bits per heavy atom. The van der Waals surface area contributed by atoms with E-state index in [1.54, 1.807) is 21.3 Å². The van der Waals surface area contributed by atoms with Crippen LogP contribution in [0.3, 0.4) is 0 Å². The molecule has 5 rings (SSSR count). The van der Waals surface area contributed by atoms with E-state index in [-0.39, 0.29) is 6.79 Å². The van der Waals surface area contributed by atoms with Crippen LogP contribution in [0, 0.1) is 0 Å². The number of fused-ring (bicyclic) bond motifs is 1. The SMILES string of the molecule is COc1cc(-c2cc(-c3ccccc3)nc(-c3ccc4c(c3)OCO4)c2)cc(OC)c1OC. The van der Waals surface area contributed by atoms with E-state index >= 15 is 0 Å². The summed E-state index contributed by atoms with van der Waals surface area (Å²) in [6, 6.07) is 23.9. The second-order valence-electron chi connectivity index (χ2n) is 7.47. The van der Waals surface area contributed by atoms with E-state index in [1.165, 1.54) is 0 Å². The zero-order valence-corrected chi connectivity index (χ0v) is 18.6. The van der Waals surface area contributed by atoms with Crippen LogP contribution in [0.25, 0.3) is 33.6 Å². The van der Waals surface area contributed by atoms with Gasteiger partial charge in [-0.1, -0.05) is 30.3 Å². The van der Waals surface area contributed by atoms with Gasteiger partial charge in [-0.2, -0.15) is 0 Å².